The first-order valence-corrected chi connectivity index (χ1v) is 8.44. The first-order chi connectivity index (χ1) is 6.93. The molecule has 4 aromatic rings. The maximum atomic E-state index is 3.37. The minimum Gasteiger partial charge on any atom is -0.0626 e. The molecule has 0 radical (unpaired) electrons. The smallest absolute Gasteiger partial charge is 0.0626 e. The lowest BCUT2D eigenvalue weighted by atomic mass is 10.1. The van der Waals surface area contributed by atoms with E-state index in [1.54, 1.807) is 0 Å². The Balaban J connectivity index is 2.59. The number of rotatable bonds is 0. The van der Waals surface area contributed by atoms with Gasteiger partial charge in [0, 0.05) is 0 Å². The van der Waals surface area contributed by atoms with Crippen LogP contribution in [0.4, 0.5) is 0 Å². The monoisotopic (exact) mass is 251 g/mol. The van der Waals surface area contributed by atoms with E-state index < -0.39 is 0 Å². The maximum absolute atomic E-state index is 3.37. The first kappa shape index (κ1) is 7.74. The second-order valence-corrected chi connectivity index (χ2v) is 7.52. The summed E-state index contributed by atoms with van der Waals surface area (Å²) in [6.07, 6.45) is 0. The van der Waals surface area contributed by atoms with Crippen molar-refractivity contribution in [2.24, 2.45) is 0 Å². The summed E-state index contributed by atoms with van der Waals surface area (Å²) in [5.41, 5.74) is 0. The SMILES string of the molecule is [c+]1cc2ssc3ccc4ssc1c4c23. The molecule has 0 N–H and O–H groups in total. The Morgan fingerprint density at radius 3 is 2.43 bits per heavy atom. The van der Waals surface area contributed by atoms with Gasteiger partial charge in [0.15, 0.2) is 4.70 Å². The van der Waals surface area contributed by atoms with Gasteiger partial charge in [-0.3, -0.25) is 0 Å². The van der Waals surface area contributed by atoms with Crippen LogP contribution in [0.3, 0.4) is 0 Å². The number of hydrogen-bond donors (Lipinski definition) is 0. The van der Waals surface area contributed by atoms with E-state index in [2.05, 4.69) is 24.3 Å². The molecule has 0 fully saturated rings. The normalized spacial score (nSPS) is 12.0. The van der Waals surface area contributed by atoms with Crippen molar-refractivity contribution in [2.45, 2.75) is 0 Å². The number of benzene rings is 2. The Hall–Kier alpha value is -0.510. The Morgan fingerprint density at radius 1 is 0.786 bits per heavy atom. The molecule has 0 spiro atoms. The molecule has 66 valence electrons. The van der Waals surface area contributed by atoms with Crippen LogP contribution < -0.4 is 0 Å². The molecule has 0 aliphatic rings. The molecule has 0 saturated carbocycles. The summed E-state index contributed by atoms with van der Waals surface area (Å²) in [5, 5.41) is 2.90. The van der Waals surface area contributed by atoms with E-state index >= 15 is 0 Å². The van der Waals surface area contributed by atoms with Crippen molar-refractivity contribution in [3.05, 3.63) is 24.3 Å². The summed E-state index contributed by atoms with van der Waals surface area (Å²) in [6.45, 7) is 0. The summed E-state index contributed by atoms with van der Waals surface area (Å²) in [7, 11) is 7.42. The van der Waals surface area contributed by atoms with Crippen LogP contribution in [0, 0.1) is 6.07 Å². The van der Waals surface area contributed by atoms with Gasteiger partial charge in [-0.2, -0.15) is 0 Å². The Labute approximate surface area is 94.8 Å². The zero-order valence-corrected chi connectivity index (χ0v) is 10.1. The molecule has 0 unspecified atom stereocenters. The van der Waals surface area contributed by atoms with Gasteiger partial charge in [-0.25, -0.2) is 0 Å². The van der Waals surface area contributed by atoms with Crippen LogP contribution in [0.5, 0.6) is 0 Å². The Bertz CT molecular complexity index is 611. The van der Waals surface area contributed by atoms with E-state index in [1.165, 1.54) is 29.6 Å². The predicted molar refractivity (Wildman–Crippen MR) is 69.3 cm³/mol. The third-order valence-electron chi connectivity index (χ3n) is 2.37. The van der Waals surface area contributed by atoms with E-state index in [0.717, 1.165) is 0 Å². The summed E-state index contributed by atoms with van der Waals surface area (Å²) < 4.78 is 5.52. The average molecular weight is 251 g/mol. The predicted octanol–water partition coefficient (Wildman–Crippen LogP) is 5.19. The molecule has 0 saturated heterocycles. The van der Waals surface area contributed by atoms with E-state index in [0.29, 0.717) is 0 Å². The van der Waals surface area contributed by atoms with E-state index in [4.69, 9.17) is 0 Å². The highest BCUT2D eigenvalue weighted by molar-refractivity contribution is 7.76. The second kappa shape index (κ2) is 2.54. The molecule has 14 heavy (non-hydrogen) atoms. The van der Waals surface area contributed by atoms with Gasteiger partial charge in [-0.05, 0) is 32.8 Å². The minimum absolute atomic E-state index is 1.31. The van der Waals surface area contributed by atoms with Gasteiger partial charge in [0.1, 0.15) is 21.5 Å². The fraction of sp³-hybridized carbons (Fsp3) is 0. The summed E-state index contributed by atoms with van der Waals surface area (Å²) >= 11 is 0. The average Bonchev–Trinajstić information content (AvgIpc) is 2.77. The van der Waals surface area contributed by atoms with Crippen molar-refractivity contribution < 1.29 is 0 Å². The highest BCUT2D eigenvalue weighted by Crippen LogP contribution is 2.44. The molecule has 0 aliphatic heterocycles. The van der Waals surface area contributed by atoms with E-state index in [-0.39, 0.29) is 0 Å². The van der Waals surface area contributed by atoms with E-state index in [9.17, 15) is 0 Å². The van der Waals surface area contributed by atoms with Crippen molar-refractivity contribution in [1.29, 1.82) is 0 Å². The van der Waals surface area contributed by atoms with Gasteiger partial charge < -0.3 is 0 Å². The molecule has 0 bridgehead atoms. The van der Waals surface area contributed by atoms with Gasteiger partial charge >= 0.3 is 0 Å². The lowest BCUT2D eigenvalue weighted by Crippen LogP contribution is -1.70. The largest absolute Gasteiger partial charge is 0.211 e. The standard InChI is InChI=1S/C10H3S4/c1-2-6-10-8(14-12-6)4-3-7-9(10)5(1)11-13-7/h1-3H/q+1. The van der Waals surface area contributed by atoms with Gasteiger partial charge in [-0.1, -0.05) is 20.7 Å². The van der Waals surface area contributed by atoms with Crippen LogP contribution in [0.25, 0.3) is 29.6 Å². The molecule has 4 heteroatoms. The quantitative estimate of drug-likeness (QED) is 0.298. The van der Waals surface area contributed by atoms with Crippen molar-refractivity contribution >= 4 is 70.9 Å². The zero-order chi connectivity index (χ0) is 9.12. The lowest BCUT2D eigenvalue weighted by Gasteiger charge is -1.87. The van der Waals surface area contributed by atoms with Gasteiger partial charge in [0.2, 0.25) is 4.70 Å². The van der Waals surface area contributed by atoms with Crippen LogP contribution in [0.15, 0.2) is 18.2 Å². The van der Waals surface area contributed by atoms with Crippen molar-refractivity contribution in [1.82, 2.24) is 0 Å². The zero-order valence-electron chi connectivity index (χ0n) is 6.87. The highest BCUT2D eigenvalue weighted by atomic mass is 32.9. The van der Waals surface area contributed by atoms with Gasteiger partial charge in [0.25, 0.3) is 0 Å². The van der Waals surface area contributed by atoms with Gasteiger partial charge in [0.05, 0.1) is 10.8 Å². The van der Waals surface area contributed by atoms with Crippen LogP contribution in [0.1, 0.15) is 0 Å². The molecule has 4 rings (SSSR count). The Morgan fingerprint density at radius 2 is 1.50 bits per heavy atom. The molecule has 0 aliphatic carbocycles. The molecule has 2 heterocycles. The maximum Gasteiger partial charge on any atom is 0.211 e. The van der Waals surface area contributed by atoms with E-state index in [1.807, 2.05) is 41.4 Å². The molecular formula is C10H3S4+. The third-order valence-corrected chi connectivity index (χ3v) is 7.19. The topological polar surface area (TPSA) is 0 Å². The molecule has 2 aromatic carbocycles. The summed E-state index contributed by atoms with van der Waals surface area (Å²) in [5.74, 6) is 0. The van der Waals surface area contributed by atoms with Gasteiger partial charge in [-0.15, -0.1) is 0 Å². The van der Waals surface area contributed by atoms with Crippen LogP contribution in [-0.2, 0) is 0 Å². The molecule has 0 amide bonds. The van der Waals surface area contributed by atoms with Crippen LogP contribution >= 0.6 is 41.4 Å². The molecule has 0 atom stereocenters. The highest BCUT2D eigenvalue weighted by Gasteiger charge is 2.20. The fourth-order valence-electron chi connectivity index (χ4n) is 1.76. The molecular weight excluding hydrogens is 248 g/mol. The lowest BCUT2D eigenvalue weighted by molar-refractivity contribution is 2.01. The third kappa shape index (κ3) is 0.811. The van der Waals surface area contributed by atoms with Crippen molar-refractivity contribution in [3.8, 4) is 0 Å². The molecule has 0 nitrogen and oxygen atoms in total. The minimum atomic E-state index is 1.31. The molecule has 2 aromatic heterocycles. The van der Waals surface area contributed by atoms with Crippen LogP contribution in [-0.4, -0.2) is 0 Å². The van der Waals surface area contributed by atoms with Crippen LogP contribution in [0.2, 0.25) is 0 Å². The first-order valence-electron chi connectivity index (χ1n) is 4.14. The van der Waals surface area contributed by atoms with Crippen molar-refractivity contribution in [3.63, 3.8) is 0 Å². The number of hydrogen-bond acceptors (Lipinski definition) is 4. The summed E-state index contributed by atoms with van der Waals surface area (Å²) in [4.78, 5) is 0. The summed E-state index contributed by atoms with van der Waals surface area (Å²) in [6, 6.07) is 9.99. The van der Waals surface area contributed by atoms with Crippen molar-refractivity contribution in [2.75, 3.05) is 0 Å². The fourth-order valence-corrected chi connectivity index (χ4v) is 6.55. The second-order valence-electron chi connectivity index (χ2n) is 3.13. The Kier molecular flexibility index (Phi) is 1.40.